The predicted octanol–water partition coefficient (Wildman–Crippen LogP) is 1.13. The number of fused-ring (bicyclic) bond motifs is 1. The number of aromatic nitrogens is 3. The van der Waals surface area contributed by atoms with Gasteiger partial charge in [0.05, 0.1) is 24.1 Å². The van der Waals surface area contributed by atoms with Gasteiger partial charge in [0, 0.05) is 25.9 Å². The van der Waals surface area contributed by atoms with Crippen LogP contribution in [0, 0.1) is 0 Å². The van der Waals surface area contributed by atoms with Crippen LogP contribution in [0.3, 0.4) is 0 Å². The lowest BCUT2D eigenvalue weighted by Gasteiger charge is -2.17. The maximum absolute atomic E-state index is 12.7. The van der Waals surface area contributed by atoms with Gasteiger partial charge in [-0.2, -0.15) is 0 Å². The summed E-state index contributed by atoms with van der Waals surface area (Å²) >= 11 is 0. The Morgan fingerprint density at radius 3 is 2.59 bits per heavy atom. The van der Waals surface area contributed by atoms with Gasteiger partial charge >= 0.3 is 5.69 Å². The molecule has 0 saturated carbocycles. The van der Waals surface area contributed by atoms with Crippen LogP contribution in [0.4, 0.5) is 0 Å². The number of para-hydroxylation sites is 1. The van der Waals surface area contributed by atoms with E-state index in [1.165, 1.54) is 30.9 Å². The highest BCUT2D eigenvalue weighted by molar-refractivity contribution is 5.97. The van der Waals surface area contributed by atoms with Gasteiger partial charge in [0.15, 0.2) is 0 Å². The Morgan fingerprint density at radius 1 is 1.19 bits per heavy atom. The molecule has 3 aromatic rings. The number of aryl methyl sites for hydroxylation is 1. The van der Waals surface area contributed by atoms with E-state index in [1.807, 2.05) is 31.2 Å². The molecule has 27 heavy (non-hydrogen) atoms. The molecule has 0 aliphatic rings. The minimum atomic E-state index is -0.493. The number of amides is 1. The van der Waals surface area contributed by atoms with Crippen molar-refractivity contribution in [3.8, 4) is 5.75 Å². The number of hydrogen-bond donors (Lipinski definition) is 1. The molecule has 2 aromatic heterocycles. The van der Waals surface area contributed by atoms with E-state index in [0.29, 0.717) is 5.75 Å². The number of pyridine rings is 1. The molecule has 0 spiro atoms. The average molecular weight is 368 g/mol. The van der Waals surface area contributed by atoms with E-state index in [1.54, 1.807) is 7.11 Å². The normalized spacial score (nSPS) is 12.0. The number of methoxy groups -OCH3 is 1. The number of nitrogens with zero attached hydrogens (tertiary/aromatic N) is 3. The fraction of sp³-hybridized carbons (Fsp3) is 0.263. The van der Waals surface area contributed by atoms with E-state index in [9.17, 15) is 14.4 Å². The second kappa shape index (κ2) is 7.06. The molecule has 8 heteroatoms. The van der Waals surface area contributed by atoms with Crippen LogP contribution >= 0.6 is 0 Å². The second-order valence-electron chi connectivity index (χ2n) is 6.24. The van der Waals surface area contributed by atoms with E-state index in [0.717, 1.165) is 10.1 Å². The predicted molar refractivity (Wildman–Crippen MR) is 101 cm³/mol. The molecule has 8 nitrogen and oxygen atoms in total. The van der Waals surface area contributed by atoms with Crippen molar-refractivity contribution in [2.45, 2.75) is 13.0 Å². The van der Waals surface area contributed by atoms with Crippen molar-refractivity contribution >= 4 is 16.9 Å². The van der Waals surface area contributed by atoms with Gasteiger partial charge in [0.25, 0.3) is 11.5 Å². The highest BCUT2D eigenvalue weighted by atomic mass is 16.5. The molecule has 0 aliphatic carbocycles. The van der Waals surface area contributed by atoms with Gasteiger partial charge in [-0.15, -0.1) is 0 Å². The molecule has 0 fully saturated rings. The lowest BCUT2D eigenvalue weighted by molar-refractivity contribution is 0.0939. The van der Waals surface area contributed by atoms with Crippen LogP contribution in [-0.2, 0) is 14.1 Å². The summed E-state index contributed by atoms with van der Waals surface area (Å²) < 4.78 is 7.59. The summed E-state index contributed by atoms with van der Waals surface area (Å²) in [6.07, 6.45) is 1.35. The second-order valence-corrected chi connectivity index (χ2v) is 6.24. The van der Waals surface area contributed by atoms with Crippen LogP contribution in [0.25, 0.3) is 11.0 Å². The summed E-state index contributed by atoms with van der Waals surface area (Å²) in [5, 5.41) is 3.08. The highest BCUT2D eigenvalue weighted by Crippen LogP contribution is 2.24. The zero-order chi connectivity index (χ0) is 19.7. The van der Waals surface area contributed by atoms with Gasteiger partial charge in [-0.3, -0.25) is 18.7 Å². The fourth-order valence-electron chi connectivity index (χ4n) is 2.97. The molecule has 3 rings (SSSR count). The maximum Gasteiger partial charge on any atom is 0.332 e. The summed E-state index contributed by atoms with van der Waals surface area (Å²) in [4.78, 5) is 41.1. The zero-order valence-corrected chi connectivity index (χ0v) is 15.5. The van der Waals surface area contributed by atoms with Gasteiger partial charge in [0.2, 0.25) is 0 Å². The SMILES string of the molecule is COc1ccccc1C(C)NC(=O)c1cnc2c(c1)c(=O)n(C)c(=O)n2C. The minimum Gasteiger partial charge on any atom is -0.496 e. The fourth-order valence-corrected chi connectivity index (χ4v) is 2.97. The molecule has 1 amide bonds. The van der Waals surface area contributed by atoms with Crippen LogP contribution in [0.15, 0.2) is 46.1 Å². The minimum absolute atomic E-state index is 0.206. The van der Waals surface area contributed by atoms with Crippen LogP contribution in [0.1, 0.15) is 28.9 Å². The van der Waals surface area contributed by atoms with Gasteiger partial charge in [0.1, 0.15) is 11.4 Å². The van der Waals surface area contributed by atoms with Gasteiger partial charge in [-0.1, -0.05) is 18.2 Å². The van der Waals surface area contributed by atoms with Gasteiger partial charge in [-0.05, 0) is 19.1 Å². The molecule has 140 valence electrons. The first-order valence-electron chi connectivity index (χ1n) is 8.34. The monoisotopic (exact) mass is 368 g/mol. The summed E-state index contributed by atoms with van der Waals surface area (Å²) in [5.41, 5.74) is 0.341. The van der Waals surface area contributed by atoms with Crippen molar-refractivity contribution in [3.05, 3.63) is 68.5 Å². The largest absolute Gasteiger partial charge is 0.496 e. The standard InChI is InChI=1S/C19H20N4O4/c1-11(13-7-5-6-8-15(13)27-4)21-17(24)12-9-14-16(20-10-12)22(2)19(26)23(3)18(14)25/h5-11H,1-4H3,(H,21,24). The van der Waals surface area contributed by atoms with Gasteiger partial charge < -0.3 is 10.1 Å². The molecular formula is C19H20N4O4. The van der Waals surface area contributed by atoms with Crippen LogP contribution in [0.5, 0.6) is 5.75 Å². The van der Waals surface area contributed by atoms with E-state index < -0.39 is 11.2 Å². The number of rotatable bonds is 4. The summed E-state index contributed by atoms with van der Waals surface area (Å²) in [6, 6.07) is 8.54. The van der Waals surface area contributed by atoms with Crippen molar-refractivity contribution in [3.63, 3.8) is 0 Å². The van der Waals surface area contributed by atoms with Crippen LogP contribution < -0.4 is 21.3 Å². The number of carbonyl (C=O) groups excluding carboxylic acids is 1. The van der Waals surface area contributed by atoms with Crippen LogP contribution in [-0.4, -0.2) is 27.1 Å². The van der Waals surface area contributed by atoms with E-state index in [-0.39, 0.29) is 28.5 Å². The lowest BCUT2D eigenvalue weighted by Crippen LogP contribution is -2.37. The number of hydrogen-bond acceptors (Lipinski definition) is 5. The molecule has 1 unspecified atom stereocenters. The molecular weight excluding hydrogens is 348 g/mol. The first-order valence-corrected chi connectivity index (χ1v) is 8.34. The third-order valence-electron chi connectivity index (χ3n) is 4.51. The first-order chi connectivity index (χ1) is 12.8. The number of nitrogens with one attached hydrogen (secondary N) is 1. The van der Waals surface area contributed by atoms with Crippen molar-refractivity contribution in [2.75, 3.05) is 7.11 Å². The van der Waals surface area contributed by atoms with Crippen molar-refractivity contribution < 1.29 is 9.53 Å². The van der Waals surface area contributed by atoms with Crippen LogP contribution in [0.2, 0.25) is 0 Å². The molecule has 0 saturated heterocycles. The smallest absolute Gasteiger partial charge is 0.332 e. The molecule has 1 N–H and O–H groups in total. The Hall–Kier alpha value is -3.42. The van der Waals surface area contributed by atoms with E-state index in [4.69, 9.17) is 4.74 Å². The van der Waals surface area contributed by atoms with Crippen molar-refractivity contribution in [1.82, 2.24) is 19.4 Å². The average Bonchev–Trinajstić information content (AvgIpc) is 2.69. The number of carbonyl (C=O) groups is 1. The van der Waals surface area contributed by atoms with Gasteiger partial charge in [-0.25, -0.2) is 9.78 Å². The summed E-state index contributed by atoms with van der Waals surface area (Å²) in [7, 11) is 4.49. The summed E-state index contributed by atoms with van der Waals surface area (Å²) in [5.74, 6) is 0.296. The highest BCUT2D eigenvalue weighted by Gasteiger charge is 2.17. The Morgan fingerprint density at radius 2 is 1.89 bits per heavy atom. The molecule has 0 bridgehead atoms. The van der Waals surface area contributed by atoms with Crippen molar-refractivity contribution in [1.29, 1.82) is 0 Å². The number of benzene rings is 1. The first kappa shape index (κ1) is 18.4. The lowest BCUT2D eigenvalue weighted by atomic mass is 10.1. The zero-order valence-electron chi connectivity index (χ0n) is 15.5. The Bertz CT molecular complexity index is 1150. The molecule has 0 aliphatic heterocycles. The third-order valence-corrected chi connectivity index (χ3v) is 4.51. The third kappa shape index (κ3) is 3.21. The quantitative estimate of drug-likeness (QED) is 0.745. The number of ether oxygens (including phenoxy) is 1. The topological polar surface area (TPSA) is 95.2 Å². The van der Waals surface area contributed by atoms with Crippen molar-refractivity contribution in [2.24, 2.45) is 14.1 Å². The van der Waals surface area contributed by atoms with E-state index in [2.05, 4.69) is 10.3 Å². The van der Waals surface area contributed by atoms with E-state index >= 15 is 0 Å². The molecule has 0 radical (unpaired) electrons. The molecule has 1 aromatic carbocycles. The molecule has 1 atom stereocenters. The Labute approximate surface area is 155 Å². The Balaban J connectivity index is 1.97. The summed E-state index contributed by atoms with van der Waals surface area (Å²) in [6.45, 7) is 1.84. The Kier molecular flexibility index (Phi) is 4.81. The molecule has 2 heterocycles. The maximum atomic E-state index is 12.7.